The highest BCUT2D eigenvalue weighted by Gasteiger charge is 2.13. The zero-order chi connectivity index (χ0) is 13.7. The van der Waals surface area contributed by atoms with E-state index in [0.29, 0.717) is 18.8 Å². The smallest absolute Gasteiger partial charge is 0.231 e. The fraction of sp³-hybridized carbons (Fsp3) is 0.600. The summed E-state index contributed by atoms with van der Waals surface area (Å²) in [5.74, 6) is 2.39. The highest BCUT2D eigenvalue weighted by molar-refractivity contribution is 5.44. The van der Waals surface area contributed by atoms with Gasteiger partial charge in [-0.3, -0.25) is 0 Å². The molecule has 106 valence electrons. The zero-order valence-electron chi connectivity index (χ0n) is 12.0. The largest absolute Gasteiger partial charge is 0.454 e. The molecule has 1 aromatic carbocycles. The lowest BCUT2D eigenvalue weighted by Crippen LogP contribution is -2.37. The van der Waals surface area contributed by atoms with Crippen LogP contribution in [0.2, 0.25) is 0 Å². The first kappa shape index (κ1) is 14.2. The molecule has 2 rings (SSSR count). The molecule has 1 unspecified atom stereocenters. The molecule has 1 aromatic rings. The summed E-state index contributed by atoms with van der Waals surface area (Å²) in [7, 11) is 0. The van der Waals surface area contributed by atoms with Crippen LogP contribution < -0.4 is 20.1 Å². The second kappa shape index (κ2) is 6.78. The van der Waals surface area contributed by atoms with Crippen LogP contribution in [-0.2, 0) is 6.54 Å². The lowest BCUT2D eigenvalue weighted by molar-refractivity contribution is 0.174. The normalized spacial score (nSPS) is 14.9. The van der Waals surface area contributed by atoms with Gasteiger partial charge in [0.25, 0.3) is 0 Å². The first-order valence-corrected chi connectivity index (χ1v) is 6.98. The van der Waals surface area contributed by atoms with E-state index in [1.54, 1.807) is 0 Å². The number of fused-ring (bicyclic) bond motifs is 1. The van der Waals surface area contributed by atoms with E-state index in [0.717, 1.165) is 31.1 Å². The molecule has 1 aliphatic rings. The Bertz CT molecular complexity index is 407. The van der Waals surface area contributed by atoms with Gasteiger partial charge in [-0.15, -0.1) is 0 Å². The van der Waals surface area contributed by atoms with Crippen LogP contribution in [0.25, 0.3) is 0 Å². The van der Waals surface area contributed by atoms with Gasteiger partial charge in [0.05, 0.1) is 0 Å². The average Bonchev–Trinajstić information content (AvgIpc) is 2.83. The first-order chi connectivity index (χ1) is 9.15. The van der Waals surface area contributed by atoms with E-state index in [4.69, 9.17) is 9.47 Å². The molecule has 4 heteroatoms. The van der Waals surface area contributed by atoms with Crippen LogP contribution in [-0.4, -0.2) is 25.9 Å². The minimum atomic E-state index is 0.335. The number of ether oxygens (including phenoxy) is 2. The maximum atomic E-state index is 5.37. The number of nitrogens with one attached hydrogen (secondary N) is 2. The Hall–Kier alpha value is -1.26. The summed E-state index contributed by atoms with van der Waals surface area (Å²) >= 11 is 0. The van der Waals surface area contributed by atoms with Crippen LogP contribution in [0.5, 0.6) is 11.5 Å². The molecule has 0 amide bonds. The van der Waals surface area contributed by atoms with E-state index in [9.17, 15) is 0 Å². The fourth-order valence-corrected chi connectivity index (χ4v) is 2.00. The van der Waals surface area contributed by atoms with Gasteiger partial charge in [-0.05, 0) is 37.1 Å². The monoisotopic (exact) mass is 264 g/mol. The van der Waals surface area contributed by atoms with E-state index >= 15 is 0 Å². The molecule has 19 heavy (non-hydrogen) atoms. The van der Waals surface area contributed by atoms with Crippen LogP contribution in [0.15, 0.2) is 18.2 Å². The quantitative estimate of drug-likeness (QED) is 0.792. The van der Waals surface area contributed by atoms with Crippen molar-refractivity contribution >= 4 is 0 Å². The second-order valence-electron chi connectivity index (χ2n) is 5.52. The van der Waals surface area contributed by atoms with Gasteiger partial charge in [0.15, 0.2) is 11.5 Å². The van der Waals surface area contributed by atoms with Crippen LogP contribution in [0, 0.1) is 5.92 Å². The zero-order valence-corrected chi connectivity index (χ0v) is 12.0. The fourth-order valence-electron chi connectivity index (χ4n) is 2.00. The van der Waals surface area contributed by atoms with Gasteiger partial charge in [-0.2, -0.15) is 0 Å². The number of benzene rings is 1. The number of hydrogen-bond acceptors (Lipinski definition) is 4. The summed E-state index contributed by atoms with van der Waals surface area (Å²) in [6, 6.07) is 6.54. The molecule has 0 saturated carbocycles. The van der Waals surface area contributed by atoms with Crippen LogP contribution in [0.4, 0.5) is 0 Å². The number of hydrogen-bond donors (Lipinski definition) is 2. The van der Waals surface area contributed by atoms with Gasteiger partial charge in [-0.1, -0.05) is 19.9 Å². The Morgan fingerprint density at radius 3 is 2.68 bits per heavy atom. The second-order valence-corrected chi connectivity index (χ2v) is 5.52. The predicted octanol–water partition coefficient (Wildman–Crippen LogP) is 2.14. The Morgan fingerprint density at radius 1 is 1.11 bits per heavy atom. The standard InChI is InChI=1S/C15H24N2O2/c1-11(2)7-16-8-12(3)17-9-13-4-5-14-15(6-13)19-10-18-14/h4-6,11-12,16-17H,7-10H2,1-3H3. The third-order valence-electron chi connectivity index (χ3n) is 3.09. The third kappa shape index (κ3) is 4.40. The highest BCUT2D eigenvalue weighted by atomic mass is 16.7. The lowest BCUT2D eigenvalue weighted by atomic mass is 10.2. The minimum absolute atomic E-state index is 0.335. The van der Waals surface area contributed by atoms with Crippen molar-refractivity contribution in [3.8, 4) is 11.5 Å². The van der Waals surface area contributed by atoms with E-state index in [2.05, 4.69) is 37.5 Å². The van der Waals surface area contributed by atoms with Crippen molar-refractivity contribution in [3.05, 3.63) is 23.8 Å². The van der Waals surface area contributed by atoms with Crippen LogP contribution >= 0.6 is 0 Å². The van der Waals surface area contributed by atoms with E-state index in [1.807, 2.05) is 12.1 Å². The molecule has 1 aliphatic heterocycles. The molecule has 0 saturated heterocycles. The predicted molar refractivity (Wildman–Crippen MR) is 76.6 cm³/mol. The molecule has 1 heterocycles. The van der Waals surface area contributed by atoms with Crippen molar-refractivity contribution < 1.29 is 9.47 Å². The van der Waals surface area contributed by atoms with Crippen molar-refractivity contribution in [2.75, 3.05) is 19.9 Å². The summed E-state index contributed by atoms with van der Waals surface area (Å²) < 4.78 is 10.7. The van der Waals surface area contributed by atoms with Crippen molar-refractivity contribution in [2.24, 2.45) is 5.92 Å². The van der Waals surface area contributed by atoms with Gasteiger partial charge < -0.3 is 20.1 Å². The summed E-state index contributed by atoms with van der Waals surface area (Å²) in [4.78, 5) is 0. The lowest BCUT2D eigenvalue weighted by Gasteiger charge is -2.16. The van der Waals surface area contributed by atoms with Gasteiger partial charge >= 0.3 is 0 Å². The topological polar surface area (TPSA) is 42.5 Å². The van der Waals surface area contributed by atoms with Crippen molar-refractivity contribution in [3.63, 3.8) is 0 Å². The molecule has 0 spiro atoms. The van der Waals surface area contributed by atoms with Crippen molar-refractivity contribution in [1.82, 2.24) is 10.6 Å². The molecule has 0 fully saturated rings. The number of rotatable bonds is 7. The van der Waals surface area contributed by atoms with E-state index in [-0.39, 0.29) is 0 Å². The van der Waals surface area contributed by atoms with E-state index in [1.165, 1.54) is 5.56 Å². The van der Waals surface area contributed by atoms with Gasteiger partial charge in [0.1, 0.15) is 0 Å². The average molecular weight is 264 g/mol. The van der Waals surface area contributed by atoms with Crippen molar-refractivity contribution in [1.29, 1.82) is 0 Å². The summed E-state index contributed by atoms with van der Waals surface area (Å²) in [5.41, 5.74) is 1.22. The molecular formula is C15H24N2O2. The summed E-state index contributed by atoms with van der Waals surface area (Å²) in [5, 5.41) is 6.96. The Kier molecular flexibility index (Phi) is 5.05. The molecule has 2 N–H and O–H groups in total. The van der Waals surface area contributed by atoms with Gasteiger partial charge in [-0.25, -0.2) is 0 Å². The maximum absolute atomic E-state index is 5.37. The van der Waals surface area contributed by atoms with Gasteiger partial charge in [0, 0.05) is 19.1 Å². The minimum Gasteiger partial charge on any atom is -0.454 e. The highest BCUT2D eigenvalue weighted by Crippen LogP contribution is 2.32. The van der Waals surface area contributed by atoms with Crippen molar-refractivity contribution in [2.45, 2.75) is 33.4 Å². The summed E-state index contributed by atoms with van der Waals surface area (Å²) in [6.07, 6.45) is 0. The molecule has 1 atom stereocenters. The molecule has 0 aromatic heterocycles. The Balaban J connectivity index is 1.73. The van der Waals surface area contributed by atoms with Crippen LogP contribution in [0.3, 0.4) is 0 Å². The third-order valence-corrected chi connectivity index (χ3v) is 3.09. The summed E-state index contributed by atoms with van der Waals surface area (Å²) in [6.45, 7) is 9.87. The van der Waals surface area contributed by atoms with Gasteiger partial charge in [0.2, 0.25) is 6.79 Å². The van der Waals surface area contributed by atoms with Crippen LogP contribution in [0.1, 0.15) is 26.3 Å². The SMILES string of the molecule is CC(C)CNCC(C)NCc1ccc2c(c1)OCO2. The molecule has 4 nitrogen and oxygen atoms in total. The first-order valence-electron chi connectivity index (χ1n) is 6.98. The maximum Gasteiger partial charge on any atom is 0.231 e. The molecular weight excluding hydrogens is 240 g/mol. The Morgan fingerprint density at radius 2 is 1.89 bits per heavy atom. The molecule has 0 radical (unpaired) electrons. The molecule has 0 bridgehead atoms. The van der Waals surface area contributed by atoms with E-state index < -0.39 is 0 Å². The molecule has 0 aliphatic carbocycles. The Labute approximate surface area is 115 Å².